The van der Waals surface area contributed by atoms with Crippen molar-refractivity contribution >= 4 is 23.2 Å². The molecule has 1 aromatic carbocycles. The number of benzene rings is 1. The van der Waals surface area contributed by atoms with Crippen LogP contribution in [-0.2, 0) is 4.79 Å². The summed E-state index contributed by atoms with van der Waals surface area (Å²) < 4.78 is 0. The molecule has 1 fully saturated rings. The molecule has 3 rings (SSSR count). The fourth-order valence-electron chi connectivity index (χ4n) is 2.76. The third-order valence-electron chi connectivity index (χ3n) is 3.95. The Morgan fingerprint density at radius 1 is 1.09 bits per heavy atom. The van der Waals surface area contributed by atoms with E-state index in [1.54, 1.807) is 11.3 Å². The van der Waals surface area contributed by atoms with Crippen molar-refractivity contribution in [3.05, 3.63) is 47.3 Å². The zero-order valence-electron chi connectivity index (χ0n) is 12.8. The third-order valence-corrected chi connectivity index (χ3v) is 4.87. The molecule has 0 aliphatic carbocycles. The number of nitrogens with zero attached hydrogens (tertiary/aromatic N) is 2. The van der Waals surface area contributed by atoms with Gasteiger partial charge >= 0.3 is 0 Å². The van der Waals surface area contributed by atoms with Crippen LogP contribution in [0.4, 0.5) is 0 Å². The Morgan fingerprint density at radius 3 is 2.52 bits per heavy atom. The summed E-state index contributed by atoms with van der Waals surface area (Å²) in [5.41, 5.74) is 6.99. The van der Waals surface area contributed by atoms with Gasteiger partial charge in [0.1, 0.15) is 0 Å². The maximum atomic E-state index is 12.7. The summed E-state index contributed by atoms with van der Waals surface area (Å²) in [7, 11) is 0. The Bertz CT molecular complexity index is 692. The molecule has 120 valence electrons. The van der Waals surface area contributed by atoms with Crippen molar-refractivity contribution in [2.24, 2.45) is 5.73 Å². The van der Waals surface area contributed by atoms with Crippen LogP contribution in [0.3, 0.4) is 0 Å². The van der Waals surface area contributed by atoms with Gasteiger partial charge in [-0.3, -0.25) is 14.5 Å². The number of nitrogens with two attached hydrogens (primary N) is 1. The highest BCUT2D eigenvalue weighted by Crippen LogP contribution is 2.25. The minimum atomic E-state index is -0.326. The molecule has 0 unspecified atom stereocenters. The Hall–Kier alpha value is -2.18. The normalized spacial score (nSPS) is 15.6. The number of piperazine rings is 1. The van der Waals surface area contributed by atoms with Crippen LogP contribution in [0, 0.1) is 0 Å². The predicted octanol–water partition coefficient (Wildman–Crippen LogP) is 1.66. The Kier molecular flexibility index (Phi) is 4.73. The highest BCUT2D eigenvalue weighted by atomic mass is 32.1. The molecule has 1 aliphatic rings. The van der Waals surface area contributed by atoms with Crippen molar-refractivity contribution in [1.29, 1.82) is 0 Å². The molecule has 5 nitrogen and oxygen atoms in total. The van der Waals surface area contributed by atoms with Gasteiger partial charge < -0.3 is 10.6 Å². The first kappa shape index (κ1) is 15.7. The SMILES string of the molecule is NC(=O)CN1CCN(C(=O)c2cccc(-c3cccs3)c2)CC1. The smallest absolute Gasteiger partial charge is 0.253 e. The molecule has 0 saturated carbocycles. The van der Waals surface area contributed by atoms with E-state index in [2.05, 4.69) is 6.07 Å². The number of rotatable bonds is 4. The van der Waals surface area contributed by atoms with Gasteiger partial charge in [0.15, 0.2) is 0 Å². The van der Waals surface area contributed by atoms with Crippen molar-refractivity contribution < 1.29 is 9.59 Å². The second-order valence-electron chi connectivity index (χ2n) is 5.59. The first-order chi connectivity index (χ1) is 11.1. The van der Waals surface area contributed by atoms with E-state index in [-0.39, 0.29) is 18.4 Å². The maximum absolute atomic E-state index is 12.7. The molecule has 23 heavy (non-hydrogen) atoms. The zero-order chi connectivity index (χ0) is 16.2. The van der Waals surface area contributed by atoms with Gasteiger partial charge in [-0.2, -0.15) is 0 Å². The van der Waals surface area contributed by atoms with Crippen LogP contribution in [0.1, 0.15) is 10.4 Å². The molecule has 6 heteroatoms. The molecule has 2 aromatic rings. The predicted molar refractivity (Wildman–Crippen MR) is 91.3 cm³/mol. The molecular formula is C17H19N3O2S. The molecule has 1 saturated heterocycles. The quantitative estimate of drug-likeness (QED) is 0.928. The van der Waals surface area contributed by atoms with Gasteiger partial charge in [0.25, 0.3) is 5.91 Å². The van der Waals surface area contributed by atoms with Crippen LogP contribution in [0.2, 0.25) is 0 Å². The number of hydrogen-bond donors (Lipinski definition) is 1. The molecule has 0 radical (unpaired) electrons. The zero-order valence-corrected chi connectivity index (χ0v) is 13.6. The van der Waals surface area contributed by atoms with Crippen molar-refractivity contribution in [3.63, 3.8) is 0 Å². The van der Waals surface area contributed by atoms with Crippen LogP contribution in [-0.4, -0.2) is 54.3 Å². The summed E-state index contributed by atoms with van der Waals surface area (Å²) >= 11 is 1.66. The van der Waals surface area contributed by atoms with Gasteiger partial charge in [0.2, 0.25) is 5.91 Å². The summed E-state index contributed by atoms with van der Waals surface area (Å²) in [5, 5.41) is 2.03. The van der Waals surface area contributed by atoms with Gasteiger partial charge in [-0.1, -0.05) is 18.2 Å². The topological polar surface area (TPSA) is 66.6 Å². The summed E-state index contributed by atoms with van der Waals surface area (Å²) in [6, 6.07) is 11.8. The van der Waals surface area contributed by atoms with Crippen LogP contribution in [0.15, 0.2) is 41.8 Å². The summed E-state index contributed by atoms with van der Waals surface area (Å²) in [4.78, 5) is 28.6. The maximum Gasteiger partial charge on any atom is 0.253 e. The number of carbonyl (C=O) groups is 2. The molecule has 2 N–H and O–H groups in total. The number of thiophene rings is 1. The molecule has 2 amide bonds. The average molecular weight is 329 g/mol. The van der Waals surface area contributed by atoms with Crippen molar-refractivity contribution in [1.82, 2.24) is 9.80 Å². The number of hydrogen-bond acceptors (Lipinski definition) is 4. The van der Waals surface area contributed by atoms with Crippen LogP contribution < -0.4 is 5.73 Å². The molecular weight excluding hydrogens is 310 g/mol. The lowest BCUT2D eigenvalue weighted by Crippen LogP contribution is -2.50. The highest BCUT2D eigenvalue weighted by Gasteiger charge is 2.23. The van der Waals surface area contributed by atoms with Gasteiger partial charge in [-0.05, 0) is 29.1 Å². The highest BCUT2D eigenvalue weighted by molar-refractivity contribution is 7.13. The summed E-state index contributed by atoms with van der Waals surface area (Å²) in [6.07, 6.45) is 0. The lowest BCUT2D eigenvalue weighted by Gasteiger charge is -2.34. The Morgan fingerprint density at radius 2 is 1.87 bits per heavy atom. The van der Waals surface area contributed by atoms with E-state index in [1.165, 1.54) is 0 Å². The van der Waals surface area contributed by atoms with Crippen molar-refractivity contribution in [3.8, 4) is 10.4 Å². The van der Waals surface area contributed by atoms with Gasteiger partial charge in [0.05, 0.1) is 6.54 Å². The van der Waals surface area contributed by atoms with E-state index in [1.807, 2.05) is 45.5 Å². The summed E-state index contributed by atoms with van der Waals surface area (Å²) in [6.45, 7) is 2.86. The van der Waals surface area contributed by atoms with Gasteiger partial charge in [0, 0.05) is 36.6 Å². The van der Waals surface area contributed by atoms with E-state index in [0.29, 0.717) is 31.7 Å². The molecule has 1 aliphatic heterocycles. The first-order valence-corrected chi connectivity index (χ1v) is 8.45. The second kappa shape index (κ2) is 6.93. The Balaban J connectivity index is 1.67. The molecule has 1 aromatic heterocycles. The van der Waals surface area contributed by atoms with E-state index in [0.717, 1.165) is 10.4 Å². The monoisotopic (exact) mass is 329 g/mol. The lowest BCUT2D eigenvalue weighted by atomic mass is 10.1. The minimum Gasteiger partial charge on any atom is -0.369 e. The lowest BCUT2D eigenvalue weighted by molar-refractivity contribution is -0.119. The number of carbonyl (C=O) groups excluding carboxylic acids is 2. The van der Waals surface area contributed by atoms with Gasteiger partial charge in [-0.25, -0.2) is 0 Å². The van der Waals surface area contributed by atoms with Crippen LogP contribution >= 0.6 is 11.3 Å². The van der Waals surface area contributed by atoms with E-state index < -0.39 is 0 Å². The largest absolute Gasteiger partial charge is 0.369 e. The third kappa shape index (κ3) is 3.78. The fourth-order valence-corrected chi connectivity index (χ4v) is 3.48. The fraction of sp³-hybridized carbons (Fsp3) is 0.294. The Labute approximate surface area is 139 Å². The minimum absolute atomic E-state index is 0.0436. The molecule has 0 atom stereocenters. The summed E-state index contributed by atoms with van der Waals surface area (Å²) in [5.74, 6) is -0.282. The first-order valence-electron chi connectivity index (χ1n) is 7.57. The van der Waals surface area contributed by atoms with E-state index in [4.69, 9.17) is 5.73 Å². The molecule has 0 spiro atoms. The number of primary amides is 1. The van der Waals surface area contributed by atoms with Crippen LogP contribution in [0.25, 0.3) is 10.4 Å². The molecule has 2 heterocycles. The van der Waals surface area contributed by atoms with E-state index >= 15 is 0 Å². The van der Waals surface area contributed by atoms with Gasteiger partial charge in [-0.15, -0.1) is 11.3 Å². The molecule has 0 bridgehead atoms. The standard InChI is InChI=1S/C17H19N3O2S/c18-16(21)12-19-6-8-20(9-7-19)17(22)14-4-1-3-13(11-14)15-5-2-10-23-15/h1-5,10-11H,6-9,12H2,(H2,18,21). The number of amides is 2. The second-order valence-corrected chi connectivity index (χ2v) is 6.54. The van der Waals surface area contributed by atoms with Crippen LogP contribution in [0.5, 0.6) is 0 Å². The van der Waals surface area contributed by atoms with Crippen molar-refractivity contribution in [2.75, 3.05) is 32.7 Å². The average Bonchev–Trinajstić information content (AvgIpc) is 3.09. The van der Waals surface area contributed by atoms with E-state index in [9.17, 15) is 9.59 Å². The van der Waals surface area contributed by atoms with Crippen molar-refractivity contribution in [2.45, 2.75) is 0 Å².